The molecule has 1 saturated heterocycles. The lowest BCUT2D eigenvalue weighted by molar-refractivity contribution is -0.142. The average molecular weight is 453 g/mol. The third kappa shape index (κ3) is 7.59. The van der Waals surface area contributed by atoms with E-state index in [0.29, 0.717) is 18.6 Å². The number of likely N-dealkylation sites (tertiary alicyclic amines) is 1. The summed E-state index contributed by atoms with van der Waals surface area (Å²) in [6, 6.07) is -1.41. The molecular weight excluding hydrogens is 408 g/mol. The lowest BCUT2D eigenvalue weighted by atomic mass is 9.84. The molecule has 0 aromatic rings. The summed E-state index contributed by atoms with van der Waals surface area (Å²) in [6.45, 7) is 14.3. The lowest BCUT2D eigenvalue weighted by Gasteiger charge is -2.40. The predicted octanol–water partition coefficient (Wildman–Crippen LogP) is 1.93. The maximum atomic E-state index is 13.6. The van der Waals surface area contributed by atoms with Crippen LogP contribution in [-0.4, -0.2) is 79.0 Å². The van der Waals surface area contributed by atoms with E-state index in [9.17, 15) is 14.4 Å². The molecule has 2 unspecified atom stereocenters. The van der Waals surface area contributed by atoms with Gasteiger partial charge in [-0.2, -0.15) is 0 Å². The molecule has 0 aromatic heterocycles. The van der Waals surface area contributed by atoms with Gasteiger partial charge < -0.3 is 20.7 Å². The van der Waals surface area contributed by atoms with Gasteiger partial charge in [-0.3, -0.25) is 14.5 Å². The minimum atomic E-state index is -0.718. The molecule has 1 heterocycles. The van der Waals surface area contributed by atoms with Gasteiger partial charge in [0.05, 0.1) is 18.7 Å². The summed E-state index contributed by atoms with van der Waals surface area (Å²) in [5, 5.41) is 3.01. The van der Waals surface area contributed by atoms with Gasteiger partial charge in [0.15, 0.2) is 0 Å². The molecule has 1 aliphatic rings. The Hall–Kier alpha value is -1.93. The molecule has 1 aliphatic heterocycles. The molecule has 4 atom stereocenters. The number of likely N-dealkylation sites (N-methyl/N-ethyl adjacent to an activating group) is 2. The van der Waals surface area contributed by atoms with E-state index >= 15 is 0 Å². The first kappa shape index (κ1) is 28.1. The van der Waals surface area contributed by atoms with Crippen molar-refractivity contribution >= 4 is 17.8 Å². The normalized spacial score (nSPS) is 22.3. The zero-order valence-electron chi connectivity index (χ0n) is 21.4. The van der Waals surface area contributed by atoms with Crippen LogP contribution in [0.3, 0.4) is 0 Å². The second-order valence-electron chi connectivity index (χ2n) is 10.3. The van der Waals surface area contributed by atoms with Crippen molar-refractivity contribution < 1.29 is 19.1 Å². The Morgan fingerprint density at radius 3 is 2.38 bits per heavy atom. The molecule has 1 fully saturated rings. The number of carbonyl (C=O) groups is 3. The SMILES string of the molecule is CCOC(=O)/C(C)=C/[C@H](C(C)C)N(C)C(=O)C(NC(=O)C1C[C@H](N)CCN1C)C(C)(C)C. The van der Waals surface area contributed by atoms with E-state index in [1.54, 1.807) is 31.9 Å². The van der Waals surface area contributed by atoms with Crippen molar-refractivity contribution in [1.29, 1.82) is 0 Å². The van der Waals surface area contributed by atoms with E-state index in [0.717, 1.165) is 13.0 Å². The Morgan fingerprint density at radius 1 is 1.28 bits per heavy atom. The first-order valence-corrected chi connectivity index (χ1v) is 11.6. The molecule has 8 nitrogen and oxygen atoms in total. The zero-order chi connectivity index (χ0) is 24.8. The van der Waals surface area contributed by atoms with Crippen LogP contribution in [0.2, 0.25) is 0 Å². The smallest absolute Gasteiger partial charge is 0.333 e. The van der Waals surface area contributed by atoms with E-state index in [2.05, 4.69) is 5.32 Å². The summed E-state index contributed by atoms with van der Waals surface area (Å²) in [4.78, 5) is 42.5. The Balaban J connectivity index is 3.12. The van der Waals surface area contributed by atoms with Crippen LogP contribution in [0.25, 0.3) is 0 Å². The molecule has 1 rings (SSSR count). The summed E-state index contributed by atoms with van der Waals surface area (Å²) in [5.41, 5.74) is 6.04. The Morgan fingerprint density at radius 2 is 1.88 bits per heavy atom. The first-order chi connectivity index (χ1) is 14.7. The van der Waals surface area contributed by atoms with Gasteiger partial charge in [0, 0.05) is 25.2 Å². The largest absolute Gasteiger partial charge is 0.463 e. The summed E-state index contributed by atoms with van der Waals surface area (Å²) >= 11 is 0. The van der Waals surface area contributed by atoms with Crippen LogP contribution in [0.4, 0.5) is 0 Å². The van der Waals surface area contributed by atoms with Gasteiger partial charge >= 0.3 is 5.97 Å². The van der Waals surface area contributed by atoms with Gasteiger partial charge in [-0.05, 0) is 45.1 Å². The number of rotatable bonds is 8. The molecule has 0 aromatic carbocycles. The van der Waals surface area contributed by atoms with E-state index < -0.39 is 17.4 Å². The number of ether oxygens (including phenoxy) is 1. The molecule has 184 valence electrons. The summed E-state index contributed by atoms with van der Waals surface area (Å²) in [7, 11) is 3.63. The molecule has 0 bridgehead atoms. The summed E-state index contributed by atoms with van der Waals surface area (Å²) < 4.78 is 5.08. The fourth-order valence-corrected chi connectivity index (χ4v) is 3.98. The molecule has 0 saturated carbocycles. The third-order valence-electron chi connectivity index (χ3n) is 6.11. The molecule has 2 amide bonds. The number of hydrogen-bond donors (Lipinski definition) is 2. The predicted molar refractivity (Wildman–Crippen MR) is 127 cm³/mol. The molecule has 0 spiro atoms. The minimum Gasteiger partial charge on any atom is -0.463 e. The Kier molecular flexibility index (Phi) is 10.4. The van der Waals surface area contributed by atoms with Crippen LogP contribution in [-0.2, 0) is 19.1 Å². The zero-order valence-corrected chi connectivity index (χ0v) is 21.4. The standard InChI is InChI=1S/C24H44N4O4/c1-10-32-23(31)16(4)13-18(15(2)3)28(9)22(30)20(24(5,6)7)26-21(29)19-14-17(25)11-12-27(19)8/h13,15,17-20H,10-12,14,25H2,1-9H3,(H,26,29)/b16-13+/t17-,18-,19?,20?/m1/s1. The van der Waals surface area contributed by atoms with E-state index in [4.69, 9.17) is 10.5 Å². The van der Waals surface area contributed by atoms with Crippen molar-refractivity contribution in [3.05, 3.63) is 11.6 Å². The van der Waals surface area contributed by atoms with Crippen LogP contribution in [0, 0.1) is 11.3 Å². The van der Waals surface area contributed by atoms with E-state index in [1.165, 1.54) is 0 Å². The quantitative estimate of drug-likeness (QED) is 0.431. The maximum Gasteiger partial charge on any atom is 0.333 e. The monoisotopic (exact) mass is 452 g/mol. The van der Waals surface area contributed by atoms with Crippen LogP contribution >= 0.6 is 0 Å². The van der Waals surface area contributed by atoms with E-state index in [-0.39, 0.29) is 35.9 Å². The molecule has 3 N–H and O–H groups in total. The highest BCUT2D eigenvalue weighted by Crippen LogP contribution is 2.25. The average Bonchev–Trinajstić information content (AvgIpc) is 2.69. The fourth-order valence-electron chi connectivity index (χ4n) is 3.98. The number of nitrogens with two attached hydrogens (primary N) is 1. The Bertz CT molecular complexity index is 699. The van der Waals surface area contributed by atoms with Gasteiger partial charge in [-0.15, -0.1) is 0 Å². The summed E-state index contributed by atoms with van der Waals surface area (Å²) in [5.74, 6) is -0.702. The molecule has 0 radical (unpaired) electrons. The van der Waals surface area contributed by atoms with Crippen molar-refractivity contribution in [2.24, 2.45) is 17.1 Å². The molecule has 0 aliphatic carbocycles. The highest BCUT2D eigenvalue weighted by Gasteiger charge is 2.39. The van der Waals surface area contributed by atoms with Crippen LogP contribution in [0.15, 0.2) is 11.6 Å². The van der Waals surface area contributed by atoms with Crippen molar-refractivity contribution in [1.82, 2.24) is 15.1 Å². The highest BCUT2D eigenvalue weighted by atomic mass is 16.5. The number of nitrogens with one attached hydrogen (secondary N) is 1. The first-order valence-electron chi connectivity index (χ1n) is 11.6. The number of hydrogen-bond acceptors (Lipinski definition) is 6. The van der Waals surface area contributed by atoms with Crippen molar-refractivity contribution in [3.63, 3.8) is 0 Å². The second-order valence-corrected chi connectivity index (χ2v) is 10.3. The molecule has 32 heavy (non-hydrogen) atoms. The lowest BCUT2D eigenvalue weighted by Crippen LogP contribution is -2.60. The highest BCUT2D eigenvalue weighted by molar-refractivity contribution is 5.91. The van der Waals surface area contributed by atoms with Crippen molar-refractivity contribution in [2.45, 2.75) is 85.5 Å². The number of nitrogens with zero attached hydrogens (tertiary/aromatic N) is 2. The van der Waals surface area contributed by atoms with Crippen molar-refractivity contribution in [3.8, 4) is 0 Å². The number of carbonyl (C=O) groups excluding carboxylic acids is 3. The van der Waals surface area contributed by atoms with Crippen molar-refractivity contribution in [2.75, 3.05) is 27.2 Å². The van der Waals surface area contributed by atoms with Gasteiger partial charge in [0.2, 0.25) is 11.8 Å². The molecular formula is C24H44N4O4. The topological polar surface area (TPSA) is 105 Å². The van der Waals surface area contributed by atoms with Gasteiger partial charge in [0.1, 0.15) is 6.04 Å². The van der Waals surface area contributed by atoms with Gasteiger partial charge in [-0.1, -0.05) is 40.7 Å². The van der Waals surface area contributed by atoms with Crippen LogP contribution in [0.5, 0.6) is 0 Å². The van der Waals surface area contributed by atoms with Gasteiger partial charge in [-0.25, -0.2) is 4.79 Å². The third-order valence-corrected chi connectivity index (χ3v) is 6.11. The number of esters is 1. The van der Waals surface area contributed by atoms with Gasteiger partial charge in [0.25, 0.3) is 0 Å². The summed E-state index contributed by atoms with van der Waals surface area (Å²) in [6.07, 6.45) is 3.20. The molecule has 8 heteroatoms. The van der Waals surface area contributed by atoms with E-state index in [1.807, 2.05) is 46.6 Å². The Labute approximate surface area is 193 Å². The van der Waals surface area contributed by atoms with Crippen LogP contribution < -0.4 is 11.1 Å². The van der Waals surface area contributed by atoms with Crippen LogP contribution in [0.1, 0.15) is 61.3 Å². The maximum absolute atomic E-state index is 13.6. The second kappa shape index (κ2) is 11.8. The number of piperidine rings is 1. The fraction of sp³-hybridized carbons (Fsp3) is 0.792. The minimum absolute atomic E-state index is 0.0188. The number of amides is 2.